The predicted molar refractivity (Wildman–Crippen MR) is 50.5 cm³/mol. The van der Waals surface area contributed by atoms with Crippen molar-refractivity contribution in [2.75, 3.05) is 26.2 Å². The first-order chi connectivity index (χ1) is 6.25. The second kappa shape index (κ2) is 3.64. The van der Waals surface area contributed by atoms with Gasteiger partial charge in [0.25, 0.3) is 0 Å². The van der Waals surface area contributed by atoms with Crippen molar-refractivity contribution in [2.24, 2.45) is 0 Å². The molecule has 2 fully saturated rings. The molecule has 2 aliphatic rings. The average Bonchev–Trinajstić information content (AvgIpc) is 2.53. The van der Waals surface area contributed by atoms with Crippen molar-refractivity contribution in [3.63, 3.8) is 0 Å². The summed E-state index contributed by atoms with van der Waals surface area (Å²) in [5, 5.41) is 6.26. The van der Waals surface area contributed by atoms with Crippen molar-refractivity contribution in [1.29, 1.82) is 0 Å². The van der Waals surface area contributed by atoms with E-state index in [1.165, 1.54) is 6.42 Å². The molecule has 2 aliphatic heterocycles. The van der Waals surface area contributed by atoms with Gasteiger partial charge in [0.2, 0.25) is 5.91 Å². The van der Waals surface area contributed by atoms with Crippen molar-refractivity contribution in [3.8, 4) is 0 Å². The van der Waals surface area contributed by atoms with E-state index in [9.17, 15) is 4.79 Å². The second-order valence-corrected chi connectivity index (χ2v) is 4.04. The lowest BCUT2D eigenvalue weighted by atomic mass is 10.1. The molecular formula is C9H17N3O. The minimum atomic E-state index is 0.172. The lowest BCUT2D eigenvalue weighted by Gasteiger charge is -2.34. The molecule has 0 radical (unpaired) electrons. The number of carbonyl (C=O) groups excluding carboxylic acids is 1. The third kappa shape index (κ3) is 2.00. The van der Waals surface area contributed by atoms with Gasteiger partial charge in [0.1, 0.15) is 0 Å². The van der Waals surface area contributed by atoms with Crippen LogP contribution in [0.3, 0.4) is 0 Å². The summed E-state index contributed by atoms with van der Waals surface area (Å²) in [5.41, 5.74) is 0. The van der Waals surface area contributed by atoms with Crippen LogP contribution in [0.25, 0.3) is 0 Å². The van der Waals surface area contributed by atoms with E-state index in [1.807, 2.05) is 0 Å². The van der Waals surface area contributed by atoms with Gasteiger partial charge >= 0.3 is 0 Å². The smallest absolute Gasteiger partial charge is 0.234 e. The minimum absolute atomic E-state index is 0.172. The number of hydrogen-bond acceptors (Lipinski definition) is 3. The number of hydrogen-bond donors (Lipinski definition) is 2. The summed E-state index contributed by atoms with van der Waals surface area (Å²) in [5.74, 6) is 0.172. The first-order valence-electron chi connectivity index (χ1n) is 5.00. The summed E-state index contributed by atoms with van der Waals surface area (Å²) < 4.78 is 0. The quantitative estimate of drug-likeness (QED) is 0.557. The molecule has 1 amide bonds. The summed E-state index contributed by atoms with van der Waals surface area (Å²) in [6.07, 6.45) is 1.18. The molecule has 2 N–H and O–H groups in total. The zero-order valence-corrected chi connectivity index (χ0v) is 8.05. The molecule has 0 aromatic heterocycles. The molecule has 0 aromatic carbocycles. The Morgan fingerprint density at radius 2 is 2.38 bits per heavy atom. The normalized spacial score (nSPS) is 36.2. The number of carbonyl (C=O) groups is 1. The van der Waals surface area contributed by atoms with Crippen molar-refractivity contribution < 1.29 is 4.79 Å². The molecule has 4 nitrogen and oxygen atoms in total. The third-order valence-corrected chi connectivity index (χ3v) is 2.81. The monoisotopic (exact) mass is 183 g/mol. The van der Waals surface area contributed by atoms with Crippen LogP contribution in [0.15, 0.2) is 0 Å². The average molecular weight is 183 g/mol. The van der Waals surface area contributed by atoms with Gasteiger partial charge in [0.15, 0.2) is 0 Å². The first kappa shape index (κ1) is 8.97. The van der Waals surface area contributed by atoms with E-state index in [0.29, 0.717) is 18.6 Å². The second-order valence-electron chi connectivity index (χ2n) is 4.04. The Bertz CT molecular complexity index is 201. The number of rotatable bonds is 1. The van der Waals surface area contributed by atoms with Crippen molar-refractivity contribution in [1.82, 2.24) is 15.5 Å². The maximum Gasteiger partial charge on any atom is 0.234 e. The molecule has 0 bridgehead atoms. The largest absolute Gasteiger partial charge is 0.351 e. The van der Waals surface area contributed by atoms with E-state index in [1.54, 1.807) is 0 Å². The maximum absolute atomic E-state index is 11.3. The first-order valence-corrected chi connectivity index (χ1v) is 5.00. The molecule has 0 saturated carbocycles. The Balaban J connectivity index is 1.94. The fourth-order valence-electron chi connectivity index (χ4n) is 2.20. The highest BCUT2D eigenvalue weighted by atomic mass is 16.2. The lowest BCUT2D eigenvalue weighted by molar-refractivity contribution is -0.126. The van der Waals surface area contributed by atoms with Gasteiger partial charge in [-0.3, -0.25) is 9.69 Å². The maximum atomic E-state index is 11.3. The van der Waals surface area contributed by atoms with Crippen LogP contribution in [0, 0.1) is 0 Å². The van der Waals surface area contributed by atoms with Crippen molar-refractivity contribution in [3.05, 3.63) is 0 Å². The summed E-state index contributed by atoms with van der Waals surface area (Å²) in [6.45, 7) is 5.78. The zero-order chi connectivity index (χ0) is 9.26. The number of nitrogens with zero attached hydrogens (tertiary/aromatic N) is 1. The number of amides is 1. The molecule has 13 heavy (non-hydrogen) atoms. The van der Waals surface area contributed by atoms with Crippen LogP contribution < -0.4 is 10.6 Å². The van der Waals surface area contributed by atoms with Crippen molar-refractivity contribution in [2.45, 2.75) is 25.4 Å². The molecule has 0 aromatic rings. The summed E-state index contributed by atoms with van der Waals surface area (Å²) in [7, 11) is 0. The lowest BCUT2D eigenvalue weighted by Crippen LogP contribution is -2.56. The highest BCUT2D eigenvalue weighted by Gasteiger charge is 2.28. The van der Waals surface area contributed by atoms with Gasteiger partial charge in [-0.25, -0.2) is 0 Å². The van der Waals surface area contributed by atoms with Crippen LogP contribution in [-0.2, 0) is 4.79 Å². The third-order valence-electron chi connectivity index (χ3n) is 2.81. The van der Waals surface area contributed by atoms with Gasteiger partial charge in [0, 0.05) is 25.2 Å². The van der Waals surface area contributed by atoms with Crippen LogP contribution in [0.4, 0.5) is 0 Å². The standard InChI is InChI=1S/C9H17N3O/c1-7-5-12(6-9(13)11-7)8-2-3-10-4-8/h7-8,10H,2-6H2,1H3,(H,11,13). The van der Waals surface area contributed by atoms with E-state index >= 15 is 0 Å². The fourth-order valence-corrected chi connectivity index (χ4v) is 2.20. The van der Waals surface area contributed by atoms with Crippen molar-refractivity contribution >= 4 is 5.91 Å². The molecule has 2 rings (SSSR count). The highest BCUT2D eigenvalue weighted by Crippen LogP contribution is 2.11. The van der Waals surface area contributed by atoms with E-state index in [0.717, 1.165) is 19.6 Å². The predicted octanol–water partition coefficient (Wildman–Crippen LogP) is -0.831. The van der Waals surface area contributed by atoms with Crippen LogP contribution >= 0.6 is 0 Å². The minimum Gasteiger partial charge on any atom is -0.351 e. The Morgan fingerprint density at radius 1 is 1.54 bits per heavy atom. The molecule has 2 atom stereocenters. The van der Waals surface area contributed by atoms with Gasteiger partial charge in [-0.05, 0) is 19.9 Å². The van der Waals surface area contributed by atoms with Crippen LogP contribution in [0.1, 0.15) is 13.3 Å². The van der Waals surface area contributed by atoms with E-state index in [-0.39, 0.29) is 5.91 Å². The molecule has 2 heterocycles. The summed E-state index contributed by atoms with van der Waals surface area (Å²) >= 11 is 0. The van der Waals surface area contributed by atoms with Crippen LogP contribution in [-0.4, -0.2) is 49.1 Å². The number of nitrogens with one attached hydrogen (secondary N) is 2. The van der Waals surface area contributed by atoms with Gasteiger partial charge in [0.05, 0.1) is 6.54 Å². The highest BCUT2D eigenvalue weighted by molar-refractivity contribution is 5.79. The Morgan fingerprint density at radius 3 is 3.00 bits per heavy atom. The summed E-state index contributed by atoms with van der Waals surface area (Å²) in [6, 6.07) is 0.885. The zero-order valence-electron chi connectivity index (χ0n) is 8.05. The Hall–Kier alpha value is -0.610. The molecule has 0 aliphatic carbocycles. The van der Waals surface area contributed by atoms with Gasteiger partial charge in [-0.15, -0.1) is 0 Å². The van der Waals surface area contributed by atoms with Gasteiger partial charge < -0.3 is 10.6 Å². The SMILES string of the molecule is CC1CN(C2CCNC2)CC(=O)N1. The van der Waals surface area contributed by atoms with Crippen LogP contribution in [0.5, 0.6) is 0 Å². The fraction of sp³-hybridized carbons (Fsp3) is 0.889. The molecule has 0 spiro atoms. The Kier molecular flexibility index (Phi) is 2.51. The summed E-state index contributed by atoms with van der Waals surface area (Å²) in [4.78, 5) is 13.6. The molecule has 2 unspecified atom stereocenters. The van der Waals surface area contributed by atoms with Gasteiger partial charge in [-0.1, -0.05) is 0 Å². The Labute approximate surface area is 78.7 Å². The van der Waals surface area contributed by atoms with E-state index < -0.39 is 0 Å². The number of piperazine rings is 1. The molecule has 74 valence electrons. The van der Waals surface area contributed by atoms with Crippen LogP contribution in [0.2, 0.25) is 0 Å². The molecule has 2 saturated heterocycles. The van der Waals surface area contributed by atoms with E-state index in [2.05, 4.69) is 22.5 Å². The van der Waals surface area contributed by atoms with Gasteiger partial charge in [-0.2, -0.15) is 0 Å². The molecular weight excluding hydrogens is 166 g/mol. The topological polar surface area (TPSA) is 44.4 Å². The van der Waals surface area contributed by atoms with E-state index in [4.69, 9.17) is 0 Å². The molecule has 4 heteroatoms.